The molecule has 3 aliphatic rings. The van der Waals surface area contributed by atoms with Crippen molar-refractivity contribution < 1.29 is 18.7 Å². The summed E-state index contributed by atoms with van der Waals surface area (Å²) in [7, 11) is 0. The summed E-state index contributed by atoms with van der Waals surface area (Å²) in [5, 5.41) is 3.07. The zero-order valence-corrected chi connectivity index (χ0v) is 22.2. The Labute approximate surface area is 226 Å². The van der Waals surface area contributed by atoms with Crippen LogP contribution in [0.5, 0.6) is 0 Å². The lowest BCUT2D eigenvalue weighted by atomic mass is 9.94. The van der Waals surface area contributed by atoms with E-state index in [1.807, 2.05) is 30.3 Å². The van der Waals surface area contributed by atoms with Gasteiger partial charge in [0.1, 0.15) is 11.5 Å². The third kappa shape index (κ3) is 5.38. The van der Waals surface area contributed by atoms with E-state index in [0.717, 1.165) is 73.4 Å². The number of nitrogens with one attached hydrogen (secondary N) is 1. The Hall–Kier alpha value is -3.10. The van der Waals surface area contributed by atoms with Crippen molar-refractivity contribution in [1.82, 2.24) is 10.3 Å². The number of para-hydroxylation sites is 1. The molecule has 4 heterocycles. The van der Waals surface area contributed by atoms with Crippen molar-refractivity contribution >= 4 is 28.8 Å². The van der Waals surface area contributed by atoms with Gasteiger partial charge in [-0.25, -0.2) is 9.37 Å². The molecule has 1 N–H and O–H groups in total. The van der Waals surface area contributed by atoms with Gasteiger partial charge in [-0.15, -0.1) is 11.3 Å². The summed E-state index contributed by atoms with van der Waals surface area (Å²) in [6.45, 7) is 2.01. The number of aryl methyl sites for hydroxylation is 1. The average Bonchev–Trinajstić information content (AvgIpc) is 3.72. The highest BCUT2D eigenvalue weighted by molar-refractivity contribution is 7.17. The van der Waals surface area contributed by atoms with Crippen LogP contribution in [0.2, 0.25) is 0 Å². The van der Waals surface area contributed by atoms with Crippen LogP contribution in [0.1, 0.15) is 69.9 Å². The van der Waals surface area contributed by atoms with Crippen LogP contribution in [0.4, 0.5) is 10.1 Å². The SMILES string of the molecule is O=C(NC1CC1)c1cc2c(s1)-c1ccccc1N(C(=O)c1ccc(F)c(CCC3CCCOCC3)n1)CC2. The van der Waals surface area contributed by atoms with Gasteiger partial charge in [-0.3, -0.25) is 9.59 Å². The number of pyridine rings is 1. The number of rotatable bonds is 6. The molecule has 3 aromatic rings. The number of anilines is 1. The van der Waals surface area contributed by atoms with Crippen LogP contribution in [0, 0.1) is 11.7 Å². The van der Waals surface area contributed by atoms with Crippen molar-refractivity contribution in [3.05, 3.63) is 70.1 Å². The zero-order chi connectivity index (χ0) is 26.1. The minimum absolute atomic E-state index is 0.0181. The van der Waals surface area contributed by atoms with Gasteiger partial charge >= 0.3 is 0 Å². The first kappa shape index (κ1) is 25.2. The first-order chi connectivity index (χ1) is 18.6. The molecule has 0 radical (unpaired) electrons. The number of fused-ring (bicyclic) bond motifs is 3. The largest absolute Gasteiger partial charge is 0.381 e. The molecule has 0 spiro atoms. The third-order valence-electron chi connectivity index (χ3n) is 7.73. The Kier molecular flexibility index (Phi) is 7.26. The standard InChI is InChI=1S/C30H32FN3O3S/c31-23-10-12-25(33-24(23)11-7-19-4-3-16-37-17-14-19)30(36)34-15-13-20-18-27(29(35)32-21-8-9-21)38-28(20)22-5-1-2-6-26(22)34/h1-2,5-6,10,12,18-19,21H,3-4,7-9,11,13-17H2,(H,32,35). The molecule has 2 amide bonds. The minimum atomic E-state index is -0.359. The maximum absolute atomic E-state index is 14.7. The number of halogens is 1. The highest BCUT2D eigenvalue weighted by Gasteiger charge is 2.30. The van der Waals surface area contributed by atoms with Gasteiger partial charge < -0.3 is 15.0 Å². The monoisotopic (exact) mass is 533 g/mol. The van der Waals surface area contributed by atoms with Gasteiger partial charge in [0, 0.05) is 36.2 Å². The lowest BCUT2D eigenvalue weighted by Crippen LogP contribution is -2.33. The molecular formula is C30H32FN3O3S. The van der Waals surface area contributed by atoms with Gasteiger partial charge in [0.05, 0.1) is 16.3 Å². The molecule has 1 atom stereocenters. The quantitative estimate of drug-likeness (QED) is 0.435. The molecule has 2 aliphatic heterocycles. The van der Waals surface area contributed by atoms with E-state index >= 15 is 0 Å². The van der Waals surface area contributed by atoms with E-state index in [9.17, 15) is 14.0 Å². The molecular weight excluding hydrogens is 501 g/mol. The molecule has 2 aromatic heterocycles. The van der Waals surface area contributed by atoms with Gasteiger partial charge in [-0.05, 0) is 87.1 Å². The van der Waals surface area contributed by atoms with E-state index < -0.39 is 0 Å². The fraction of sp³-hybridized carbons (Fsp3) is 0.433. The number of amides is 2. The number of hydrogen-bond donors (Lipinski definition) is 1. The van der Waals surface area contributed by atoms with Crippen LogP contribution in [-0.4, -0.2) is 42.6 Å². The van der Waals surface area contributed by atoms with Gasteiger partial charge in [0.2, 0.25) is 0 Å². The second-order valence-electron chi connectivity index (χ2n) is 10.5. The normalized spacial score (nSPS) is 19.2. The summed E-state index contributed by atoms with van der Waals surface area (Å²) >= 11 is 1.48. The zero-order valence-electron chi connectivity index (χ0n) is 21.4. The summed E-state index contributed by atoms with van der Waals surface area (Å²) in [4.78, 5) is 34.5. The first-order valence-corrected chi connectivity index (χ1v) is 14.5. The molecule has 1 aliphatic carbocycles. The van der Waals surface area contributed by atoms with Crippen LogP contribution in [0.25, 0.3) is 10.4 Å². The van der Waals surface area contributed by atoms with Crippen molar-refractivity contribution in [1.29, 1.82) is 0 Å². The number of hydrogen-bond acceptors (Lipinski definition) is 5. The minimum Gasteiger partial charge on any atom is -0.381 e. The molecule has 38 heavy (non-hydrogen) atoms. The van der Waals surface area contributed by atoms with Crippen molar-refractivity contribution in [3.63, 3.8) is 0 Å². The molecule has 1 saturated carbocycles. The lowest BCUT2D eigenvalue weighted by molar-refractivity contribution is 0.0952. The molecule has 6 nitrogen and oxygen atoms in total. The third-order valence-corrected chi connectivity index (χ3v) is 8.94. The molecule has 1 saturated heterocycles. The predicted molar refractivity (Wildman–Crippen MR) is 146 cm³/mol. The fourth-order valence-corrected chi connectivity index (χ4v) is 6.57. The van der Waals surface area contributed by atoms with E-state index in [1.54, 1.807) is 4.90 Å². The maximum Gasteiger partial charge on any atom is 0.276 e. The fourth-order valence-electron chi connectivity index (χ4n) is 5.42. The predicted octanol–water partition coefficient (Wildman–Crippen LogP) is 5.79. The number of benzene rings is 1. The van der Waals surface area contributed by atoms with Crippen LogP contribution >= 0.6 is 11.3 Å². The average molecular weight is 534 g/mol. The molecule has 1 unspecified atom stereocenters. The number of carbonyl (C=O) groups excluding carboxylic acids is 2. The number of aromatic nitrogens is 1. The smallest absolute Gasteiger partial charge is 0.276 e. The topological polar surface area (TPSA) is 71.5 Å². The number of nitrogens with zero attached hydrogens (tertiary/aromatic N) is 2. The summed E-state index contributed by atoms with van der Waals surface area (Å²) in [6.07, 6.45) is 7.17. The molecule has 1 aromatic carbocycles. The lowest BCUT2D eigenvalue weighted by Gasteiger charge is -2.23. The van der Waals surface area contributed by atoms with Crippen LogP contribution in [0.3, 0.4) is 0 Å². The Morgan fingerprint density at radius 3 is 2.84 bits per heavy atom. The van der Waals surface area contributed by atoms with Gasteiger partial charge in [0.15, 0.2) is 0 Å². The summed E-state index contributed by atoms with van der Waals surface area (Å²) in [5.74, 6) is -0.119. The van der Waals surface area contributed by atoms with Crippen molar-refractivity contribution in [3.8, 4) is 10.4 Å². The summed E-state index contributed by atoms with van der Waals surface area (Å²) in [5.41, 5.74) is 3.41. The number of ether oxygens (including phenoxy) is 1. The molecule has 8 heteroatoms. The van der Waals surface area contributed by atoms with E-state index in [1.165, 1.54) is 23.5 Å². The highest BCUT2D eigenvalue weighted by Crippen LogP contribution is 2.42. The molecule has 198 valence electrons. The van der Waals surface area contributed by atoms with Crippen molar-refractivity contribution in [2.24, 2.45) is 5.92 Å². The second kappa shape index (κ2) is 10.9. The van der Waals surface area contributed by atoms with Crippen molar-refractivity contribution in [2.75, 3.05) is 24.7 Å². The number of thiophene rings is 1. The Morgan fingerprint density at radius 1 is 1.11 bits per heavy atom. The number of carbonyl (C=O) groups is 2. The van der Waals surface area contributed by atoms with Gasteiger partial charge in [-0.2, -0.15) is 0 Å². The van der Waals surface area contributed by atoms with Gasteiger partial charge in [-0.1, -0.05) is 18.2 Å². The van der Waals surface area contributed by atoms with Gasteiger partial charge in [0.25, 0.3) is 11.8 Å². The molecule has 6 rings (SSSR count). The van der Waals surface area contributed by atoms with Crippen LogP contribution < -0.4 is 10.2 Å². The van der Waals surface area contributed by atoms with E-state index in [0.29, 0.717) is 41.9 Å². The Balaban J connectivity index is 1.24. The first-order valence-electron chi connectivity index (χ1n) is 13.6. The van der Waals surface area contributed by atoms with Crippen molar-refractivity contribution in [2.45, 2.75) is 57.4 Å². The second-order valence-corrected chi connectivity index (χ2v) is 11.6. The highest BCUT2D eigenvalue weighted by atomic mass is 32.1. The Morgan fingerprint density at radius 2 is 1.97 bits per heavy atom. The maximum atomic E-state index is 14.7. The summed E-state index contributed by atoms with van der Waals surface area (Å²) in [6, 6.07) is 12.9. The van der Waals surface area contributed by atoms with E-state index in [2.05, 4.69) is 10.3 Å². The van der Waals surface area contributed by atoms with Crippen LogP contribution in [0.15, 0.2) is 42.5 Å². The summed E-state index contributed by atoms with van der Waals surface area (Å²) < 4.78 is 20.2. The molecule has 2 fully saturated rings. The van der Waals surface area contributed by atoms with E-state index in [-0.39, 0.29) is 23.3 Å². The Bertz CT molecular complexity index is 1340. The molecule has 0 bridgehead atoms. The van der Waals surface area contributed by atoms with E-state index in [4.69, 9.17) is 4.74 Å². The van der Waals surface area contributed by atoms with Crippen LogP contribution in [-0.2, 0) is 17.6 Å².